The number of aliphatic hydroxyl groups is 1. The second-order valence-corrected chi connectivity index (χ2v) is 4.78. The molecule has 1 saturated carbocycles. The van der Waals surface area contributed by atoms with Crippen molar-refractivity contribution in [3.05, 3.63) is 12.7 Å². The zero-order valence-corrected chi connectivity index (χ0v) is 11.0. The Balaban J connectivity index is 1.97. The summed E-state index contributed by atoms with van der Waals surface area (Å²) in [5.74, 6) is 0.286. The molecule has 1 atom stereocenters. The standard InChI is InChI=1S/C14H24O4/c1-2-13(15)17-11-9-14(16)18-10-8-12-6-4-3-5-7-12/h2,12,14,16H,1,3-11H2. The Morgan fingerprint density at radius 3 is 2.72 bits per heavy atom. The number of carbonyl (C=O) groups excluding carboxylic acids is 1. The van der Waals surface area contributed by atoms with Crippen molar-refractivity contribution in [1.29, 1.82) is 0 Å². The zero-order chi connectivity index (χ0) is 13.2. The van der Waals surface area contributed by atoms with E-state index in [-0.39, 0.29) is 6.61 Å². The van der Waals surface area contributed by atoms with Gasteiger partial charge < -0.3 is 14.6 Å². The van der Waals surface area contributed by atoms with E-state index in [2.05, 4.69) is 6.58 Å². The predicted octanol–water partition coefficient (Wildman–Crippen LogP) is 2.41. The number of hydrogen-bond acceptors (Lipinski definition) is 4. The van der Waals surface area contributed by atoms with Crippen LogP contribution in [0.5, 0.6) is 0 Å². The van der Waals surface area contributed by atoms with Crippen molar-refractivity contribution < 1.29 is 19.4 Å². The van der Waals surface area contributed by atoms with E-state index in [0.717, 1.165) is 18.4 Å². The van der Waals surface area contributed by atoms with Crippen LogP contribution in [0.2, 0.25) is 0 Å². The maximum atomic E-state index is 10.8. The van der Waals surface area contributed by atoms with Gasteiger partial charge in [-0.3, -0.25) is 0 Å². The van der Waals surface area contributed by atoms with E-state index in [4.69, 9.17) is 9.47 Å². The van der Waals surface area contributed by atoms with E-state index in [9.17, 15) is 9.90 Å². The Morgan fingerprint density at radius 1 is 1.33 bits per heavy atom. The number of ether oxygens (including phenoxy) is 2. The lowest BCUT2D eigenvalue weighted by molar-refractivity contribution is -0.144. The number of rotatable bonds is 8. The monoisotopic (exact) mass is 256 g/mol. The molecule has 104 valence electrons. The highest BCUT2D eigenvalue weighted by Gasteiger charge is 2.14. The molecular weight excluding hydrogens is 232 g/mol. The normalized spacial score (nSPS) is 18.3. The molecule has 1 rings (SSSR count). The van der Waals surface area contributed by atoms with Gasteiger partial charge in [0.2, 0.25) is 0 Å². The van der Waals surface area contributed by atoms with Gasteiger partial charge in [0.15, 0.2) is 6.29 Å². The number of aliphatic hydroxyl groups excluding tert-OH is 1. The molecule has 0 saturated heterocycles. The smallest absolute Gasteiger partial charge is 0.330 e. The molecule has 0 radical (unpaired) electrons. The topological polar surface area (TPSA) is 55.8 Å². The van der Waals surface area contributed by atoms with Crippen LogP contribution in [0, 0.1) is 5.92 Å². The van der Waals surface area contributed by atoms with Crippen LogP contribution < -0.4 is 0 Å². The van der Waals surface area contributed by atoms with Gasteiger partial charge in [-0.05, 0) is 12.3 Å². The van der Waals surface area contributed by atoms with Crippen molar-refractivity contribution in [3.63, 3.8) is 0 Å². The molecule has 1 fully saturated rings. The highest BCUT2D eigenvalue weighted by molar-refractivity contribution is 5.81. The van der Waals surface area contributed by atoms with Crippen LogP contribution in [0.1, 0.15) is 44.9 Å². The van der Waals surface area contributed by atoms with E-state index in [0.29, 0.717) is 13.0 Å². The van der Waals surface area contributed by atoms with E-state index >= 15 is 0 Å². The first-order valence-electron chi connectivity index (χ1n) is 6.81. The van der Waals surface area contributed by atoms with Gasteiger partial charge >= 0.3 is 5.97 Å². The van der Waals surface area contributed by atoms with E-state index in [1.54, 1.807) is 0 Å². The van der Waals surface area contributed by atoms with Gasteiger partial charge in [-0.25, -0.2) is 4.79 Å². The molecule has 0 amide bonds. The first kappa shape index (κ1) is 15.2. The fourth-order valence-corrected chi connectivity index (χ4v) is 2.25. The summed E-state index contributed by atoms with van der Waals surface area (Å²) >= 11 is 0. The minimum Gasteiger partial charge on any atom is -0.462 e. The molecule has 18 heavy (non-hydrogen) atoms. The SMILES string of the molecule is C=CC(=O)OCCC(O)OCCC1CCCCC1. The summed E-state index contributed by atoms with van der Waals surface area (Å²) in [6.45, 7) is 4.04. The van der Waals surface area contributed by atoms with Crippen molar-refractivity contribution in [2.45, 2.75) is 51.2 Å². The molecular formula is C14H24O4. The summed E-state index contributed by atoms with van der Waals surface area (Å²) in [4.78, 5) is 10.8. The average molecular weight is 256 g/mol. The number of hydrogen-bond donors (Lipinski definition) is 1. The Kier molecular flexibility index (Phi) is 7.69. The summed E-state index contributed by atoms with van der Waals surface area (Å²) in [7, 11) is 0. The van der Waals surface area contributed by atoms with Gasteiger partial charge in [0.05, 0.1) is 6.61 Å². The van der Waals surface area contributed by atoms with Gasteiger partial charge in [-0.2, -0.15) is 0 Å². The highest BCUT2D eigenvalue weighted by Crippen LogP contribution is 2.26. The summed E-state index contributed by atoms with van der Waals surface area (Å²) in [5.41, 5.74) is 0. The molecule has 0 aromatic carbocycles. The van der Waals surface area contributed by atoms with Crippen molar-refractivity contribution >= 4 is 5.97 Å². The molecule has 0 aliphatic heterocycles. The van der Waals surface area contributed by atoms with Crippen LogP contribution in [0.3, 0.4) is 0 Å². The molecule has 0 spiro atoms. The summed E-state index contributed by atoms with van der Waals surface area (Å²) in [6, 6.07) is 0. The van der Waals surface area contributed by atoms with E-state index in [1.165, 1.54) is 32.1 Å². The lowest BCUT2D eigenvalue weighted by Gasteiger charge is -2.22. The molecule has 1 aliphatic carbocycles. The first-order valence-corrected chi connectivity index (χ1v) is 6.81. The fraction of sp³-hybridized carbons (Fsp3) is 0.786. The van der Waals surface area contributed by atoms with Crippen LogP contribution >= 0.6 is 0 Å². The molecule has 4 heteroatoms. The lowest BCUT2D eigenvalue weighted by atomic mass is 9.87. The number of carbonyl (C=O) groups is 1. The molecule has 4 nitrogen and oxygen atoms in total. The van der Waals surface area contributed by atoms with Crippen LogP contribution in [-0.4, -0.2) is 30.6 Å². The van der Waals surface area contributed by atoms with Crippen molar-refractivity contribution in [2.24, 2.45) is 5.92 Å². The number of esters is 1. The van der Waals surface area contributed by atoms with Crippen LogP contribution in [0.25, 0.3) is 0 Å². The minimum absolute atomic E-state index is 0.162. The van der Waals surface area contributed by atoms with E-state index in [1.807, 2.05) is 0 Å². The second kappa shape index (κ2) is 9.11. The Labute approximate surface area is 109 Å². The molecule has 0 aromatic rings. The predicted molar refractivity (Wildman–Crippen MR) is 68.9 cm³/mol. The molecule has 1 N–H and O–H groups in total. The van der Waals surface area contributed by atoms with Gasteiger partial charge in [-0.15, -0.1) is 0 Å². The highest BCUT2D eigenvalue weighted by atomic mass is 16.6. The third kappa shape index (κ3) is 6.77. The van der Waals surface area contributed by atoms with Crippen molar-refractivity contribution in [1.82, 2.24) is 0 Å². The van der Waals surface area contributed by atoms with Crippen molar-refractivity contribution in [3.8, 4) is 0 Å². The third-order valence-electron chi connectivity index (χ3n) is 3.34. The zero-order valence-electron chi connectivity index (χ0n) is 11.0. The third-order valence-corrected chi connectivity index (χ3v) is 3.34. The molecule has 1 unspecified atom stereocenters. The maximum Gasteiger partial charge on any atom is 0.330 e. The summed E-state index contributed by atoms with van der Waals surface area (Å²) in [5, 5.41) is 9.52. The average Bonchev–Trinajstić information content (AvgIpc) is 2.39. The fourth-order valence-electron chi connectivity index (χ4n) is 2.25. The van der Waals surface area contributed by atoms with Crippen LogP contribution in [0.15, 0.2) is 12.7 Å². The molecule has 1 aliphatic rings. The van der Waals surface area contributed by atoms with Crippen molar-refractivity contribution in [2.75, 3.05) is 13.2 Å². The summed E-state index contributed by atoms with van der Waals surface area (Å²) in [6.07, 6.45) is 8.17. The van der Waals surface area contributed by atoms with Crippen LogP contribution in [-0.2, 0) is 14.3 Å². The Bertz CT molecular complexity index is 246. The Morgan fingerprint density at radius 2 is 2.06 bits per heavy atom. The first-order chi connectivity index (χ1) is 8.72. The quantitative estimate of drug-likeness (QED) is 0.411. The minimum atomic E-state index is -0.841. The largest absolute Gasteiger partial charge is 0.462 e. The summed E-state index contributed by atoms with van der Waals surface area (Å²) < 4.78 is 10.1. The molecule has 0 bridgehead atoms. The molecule has 0 aromatic heterocycles. The van der Waals surface area contributed by atoms with Gasteiger partial charge in [0.1, 0.15) is 0 Å². The second-order valence-electron chi connectivity index (χ2n) is 4.78. The van der Waals surface area contributed by atoms with Gasteiger partial charge in [0.25, 0.3) is 0 Å². The van der Waals surface area contributed by atoms with Gasteiger partial charge in [-0.1, -0.05) is 38.7 Å². The van der Waals surface area contributed by atoms with E-state index < -0.39 is 12.3 Å². The van der Waals surface area contributed by atoms with Gasteiger partial charge in [0, 0.05) is 19.1 Å². The lowest BCUT2D eigenvalue weighted by Crippen LogP contribution is -2.18. The molecule has 0 heterocycles. The maximum absolute atomic E-state index is 10.8. The van der Waals surface area contributed by atoms with Crippen LogP contribution in [0.4, 0.5) is 0 Å². The Hall–Kier alpha value is -0.870.